The van der Waals surface area contributed by atoms with E-state index in [1.807, 2.05) is 22.7 Å². The molecule has 0 radical (unpaired) electrons. The third kappa shape index (κ3) is 3.60. The van der Waals surface area contributed by atoms with Crippen LogP contribution < -0.4 is 0 Å². The summed E-state index contributed by atoms with van der Waals surface area (Å²) in [6, 6.07) is 55.6. The standard InChI is InChI=1S/C45H25N3S2/c1-5-13-36-27(9-1)21-40-45(46-35-12-4-6-14-37(35)48(36)40)26-17-19-28(20-18-26)47-38-22-33-29-10-2-7-15-41(29)49-43(33)24-31(38)32-25-44-34(23-39(32)47)30-11-3-8-16-42(30)50-44/h1-25H. The maximum absolute atomic E-state index is 5.25. The van der Waals surface area contributed by atoms with Gasteiger partial charge >= 0.3 is 0 Å². The van der Waals surface area contributed by atoms with Crippen LogP contribution in [0.25, 0.3) is 107 Å². The molecule has 0 fully saturated rings. The van der Waals surface area contributed by atoms with Crippen molar-refractivity contribution in [3.05, 3.63) is 152 Å². The Labute approximate surface area is 293 Å². The molecule has 3 nitrogen and oxygen atoms in total. The van der Waals surface area contributed by atoms with Gasteiger partial charge in [0, 0.05) is 67.8 Å². The molecule has 50 heavy (non-hydrogen) atoms. The van der Waals surface area contributed by atoms with Crippen molar-refractivity contribution in [3.8, 4) is 16.9 Å². The Morgan fingerprint density at radius 2 is 0.980 bits per heavy atom. The first kappa shape index (κ1) is 26.9. The van der Waals surface area contributed by atoms with Crippen molar-refractivity contribution < 1.29 is 0 Å². The van der Waals surface area contributed by atoms with Gasteiger partial charge in [-0.1, -0.05) is 78.9 Å². The first-order valence-corrected chi connectivity index (χ1v) is 18.5. The zero-order valence-electron chi connectivity index (χ0n) is 26.6. The molecule has 0 unspecified atom stereocenters. The molecule has 7 aromatic carbocycles. The Hall–Kier alpha value is -6.01. The molecular weight excluding hydrogens is 647 g/mol. The summed E-state index contributed by atoms with van der Waals surface area (Å²) >= 11 is 3.77. The van der Waals surface area contributed by atoms with Crippen LogP contribution in [0, 0.1) is 0 Å². The van der Waals surface area contributed by atoms with E-state index in [9.17, 15) is 0 Å². The number of fused-ring (bicyclic) bond motifs is 14. The normalized spacial score (nSPS) is 12.4. The molecule has 232 valence electrons. The lowest BCUT2D eigenvalue weighted by molar-refractivity contribution is 1.18. The van der Waals surface area contributed by atoms with Gasteiger partial charge in [0.1, 0.15) is 0 Å². The van der Waals surface area contributed by atoms with Crippen molar-refractivity contribution in [2.24, 2.45) is 0 Å². The summed E-state index contributed by atoms with van der Waals surface area (Å²) in [5.41, 5.74) is 10.1. The molecule has 0 aliphatic heterocycles. The molecule has 0 amide bonds. The van der Waals surface area contributed by atoms with E-state index in [2.05, 4.69) is 161 Å². The Morgan fingerprint density at radius 3 is 1.66 bits per heavy atom. The monoisotopic (exact) mass is 671 g/mol. The van der Waals surface area contributed by atoms with Gasteiger partial charge in [-0.3, -0.25) is 0 Å². The Bertz CT molecular complexity index is 3250. The van der Waals surface area contributed by atoms with Gasteiger partial charge in [0.2, 0.25) is 0 Å². The molecule has 0 atom stereocenters. The van der Waals surface area contributed by atoms with Gasteiger partial charge in [-0.25, -0.2) is 4.98 Å². The predicted molar refractivity (Wildman–Crippen MR) is 216 cm³/mol. The molecule has 12 aromatic rings. The predicted octanol–water partition coefficient (Wildman–Crippen LogP) is 13.1. The van der Waals surface area contributed by atoms with E-state index in [-0.39, 0.29) is 0 Å². The van der Waals surface area contributed by atoms with Gasteiger partial charge in [0.05, 0.1) is 38.8 Å². The summed E-state index contributed by atoms with van der Waals surface area (Å²) in [5, 5.41) is 9.07. The minimum atomic E-state index is 0.988. The Morgan fingerprint density at radius 1 is 0.400 bits per heavy atom. The fourth-order valence-electron chi connectivity index (χ4n) is 8.22. The van der Waals surface area contributed by atoms with Crippen LogP contribution >= 0.6 is 22.7 Å². The topological polar surface area (TPSA) is 22.2 Å². The van der Waals surface area contributed by atoms with Crippen molar-refractivity contribution in [1.29, 1.82) is 0 Å². The van der Waals surface area contributed by atoms with Crippen molar-refractivity contribution in [2.75, 3.05) is 0 Å². The number of aromatic nitrogens is 3. The van der Waals surface area contributed by atoms with Gasteiger partial charge in [-0.05, 0) is 72.8 Å². The smallest absolute Gasteiger partial charge is 0.0950 e. The maximum atomic E-state index is 5.25. The maximum Gasteiger partial charge on any atom is 0.0950 e. The third-order valence-corrected chi connectivity index (χ3v) is 12.7. The van der Waals surface area contributed by atoms with E-state index >= 15 is 0 Å². The second-order valence-corrected chi connectivity index (χ2v) is 15.4. The molecule has 5 aromatic heterocycles. The van der Waals surface area contributed by atoms with Crippen LogP contribution in [0.5, 0.6) is 0 Å². The number of para-hydroxylation sites is 3. The molecule has 0 spiro atoms. The van der Waals surface area contributed by atoms with Crippen LogP contribution in [-0.4, -0.2) is 14.0 Å². The van der Waals surface area contributed by atoms with Crippen LogP contribution in [0.4, 0.5) is 0 Å². The van der Waals surface area contributed by atoms with Gasteiger partial charge in [0.15, 0.2) is 0 Å². The molecule has 12 rings (SSSR count). The third-order valence-electron chi connectivity index (χ3n) is 10.5. The van der Waals surface area contributed by atoms with Crippen molar-refractivity contribution in [2.45, 2.75) is 0 Å². The van der Waals surface area contributed by atoms with Gasteiger partial charge < -0.3 is 8.97 Å². The minimum absolute atomic E-state index is 0.988. The highest BCUT2D eigenvalue weighted by Crippen LogP contribution is 2.44. The van der Waals surface area contributed by atoms with Crippen LogP contribution in [0.2, 0.25) is 0 Å². The highest BCUT2D eigenvalue weighted by atomic mass is 32.1. The lowest BCUT2D eigenvalue weighted by Crippen LogP contribution is -1.97. The number of rotatable bonds is 2. The summed E-state index contributed by atoms with van der Waals surface area (Å²) in [7, 11) is 0. The van der Waals surface area contributed by atoms with Crippen LogP contribution in [0.15, 0.2) is 152 Å². The minimum Gasteiger partial charge on any atom is -0.309 e. The number of benzene rings is 7. The van der Waals surface area contributed by atoms with Crippen molar-refractivity contribution >= 4 is 112 Å². The highest BCUT2D eigenvalue weighted by Gasteiger charge is 2.19. The molecule has 5 heterocycles. The molecule has 0 saturated heterocycles. The SMILES string of the molecule is c1ccc2c(c1)cc1c(-c3ccc(-n4c5cc6c(cc5c5cc7sc8ccccc8c7cc54)sc4ccccc46)cc3)nc3ccccc3n12. The van der Waals surface area contributed by atoms with E-state index < -0.39 is 0 Å². The van der Waals surface area contributed by atoms with Gasteiger partial charge in [0.25, 0.3) is 0 Å². The largest absolute Gasteiger partial charge is 0.309 e. The summed E-state index contributed by atoms with van der Waals surface area (Å²) in [6.07, 6.45) is 0. The Balaban J connectivity index is 1.14. The Kier molecular flexibility index (Phi) is 5.26. The zero-order chi connectivity index (χ0) is 32.5. The molecule has 5 heteroatoms. The van der Waals surface area contributed by atoms with Crippen LogP contribution in [0.1, 0.15) is 0 Å². The second kappa shape index (κ2) is 9.79. The number of hydrogen-bond acceptors (Lipinski definition) is 3. The molecule has 0 bridgehead atoms. The van der Waals surface area contributed by atoms with E-state index in [4.69, 9.17) is 4.98 Å². The summed E-state index contributed by atoms with van der Waals surface area (Å²) < 4.78 is 10.2. The summed E-state index contributed by atoms with van der Waals surface area (Å²) in [5.74, 6) is 0. The fourth-order valence-corrected chi connectivity index (χ4v) is 10.5. The lowest BCUT2D eigenvalue weighted by Gasteiger charge is -2.12. The van der Waals surface area contributed by atoms with Crippen LogP contribution in [0.3, 0.4) is 0 Å². The molecule has 0 aliphatic carbocycles. The number of thiophene rings is 2. The molecular formula is C45H25N3S2. The van der Waals surface area contributed by atoms with E-state index in [0.717, 1.165) is 33.5 Å². The average Bonchev–Trinajstić information content (AvgIpc) is 3.91. The zero-order valence-corrected chi connectivity index (χ0v) is 28.2. The van der Waals surface area contributed by atoms with Crippen molar-refractivity contribution in [1.82, 2.24) is 14.0 Å². The summed E-state index contributed by atoms with van der Waals surface area (Å²) in [6.45, 7) is 0. The van der Waals surface area contributed by atoms with Gasteiger partial charge in [-0.2, -0.15) is 0 Å². The van der Waals surface area contributed by atoms with E-state index in [1.54, 1.807) is 0 Å². The quantitative estimate of drug-likeness (QED) is 0.179. The molecule has 0 saturated carbocycles. The number of hydrogen-bond donors (Lipinski definition) is 0. The first-order chi connectivity index (χ1) is 24.8. The highest BCUT2D eigenvalue weighted by molar-refractivity contribution is 7.26. The van der Waals surface area contributed by atoms with E-state index in [0.29, 0.717) is 0 Å². The second-order valence-electron chi connectivity index (χ2n) is 13.2. The molecule has 0 aliphatic rings. The summed E-state index contributed by atoms with van der Waals surface area (Å²) in [4.78, 5) is 5.25. The number of nitrogens with zero attached hydrogens (tertiary/aromatic N) is 3. The average molecular weight is 672 g/mol. The van der Waals surface area contributed by atoms with E-state index in [1.165, 1.54) is 73.1 Å². The lowest BCUT2D eigenvalue weighted by atomic mass is 10.1. The molecule has 0 N–H and O–H groups in total. The van der Waals surface area contributed by atoms with Crippen molar-refractivity contribution in [3.63, 3.8) is 0 Å². The van der Waals surface area contributed by atoms with Crippen LogP contribution in [-0.2, 0) is 0 Å². The fraction of sp³-hybridized carbons (Fsp3) is 0. The van der Waals surface area contributed by atoms with Gasteiger partial charge in [-0.15, -0.1) is 22.7 Å². The first-order valence-electron chi connectivity index (χ1n) is 16.9.